The highest BCUT2D eigenvalue weighted by Gasteiger charge is 2.21. The minimum Gasteiger partial charge on any atom is -0.455 e. The van der Waals surface area contributed by atoms with E-state index in [4.69, 9.17) is 4.42 Å². The molecule has 3 nitrogen and oxygen atoms in total. The van der Waals surface area contributed by atoms with Gasteiger partial charge in [-0.15, -0.1) is 0 Å². The minimum absolute atomic E-state index is 0.906. The largest absolute Gasteiger partial charge is 0.455 e. The van der Waals surface area contributed by atoms with Crippen LogP contribution in [0.4, 0.5) is 0 Å². The smallest absolute Gasteiger partial charge is 0.145 e. The van der Waals surface area contributed by atoms with Crippen molar-refractivity contribution in [3.63, 3.8) is 0 Å². The zero-order valence-electron chi connectivity index (χ0n) is 27.6. The summed E-state index contributed by atoms with van der Waals surface area (Å²) < 4.78 is 11.5. The molecule has 0 bridgehead atoms. The first kappa shape index (κ1) is 28.0. The molecule has 0 saturated heterocycles. The molecule has 238 valence electrons. The van der Waals surface area contributed by atoms with Crippen LogP contribution in [0.15, 0.2) is 186 Å². The van der Waals surface area contributed by atoms with Gasteiger partial charge in [-0.1, -0.05) is 115 Å². The van der Waals surface area contributed by atoms with Crippen LogP contribution in [0.25, 0.3) is 99.2 Å². The lowest BCUT2D eigenvalue weighted by Gasteiger charge is -2.13. The molecule has 0 N–H and O–H groups in total. The number of para-hydroxylation sites is 3. The zero-order chi connectivity index (χ0) is 33.5. The van der Waals surface area contributed by atoms with Crippen molar-refractivity contribution >= 4 is 65.6 Å². The molecule has 0 saturated carbocycles. The number of furan rings is 1. The summed E-state index contributed by atoms with van der Waals surface area (Å²) in [5.41, 5.74) is 13.5. The molecule has 0 atom stereocenters. The quantitative estimate of drug-likeness (QED) is 0.186. The van der Waals surface area contributed by atoms with Crippen molar-refractivity contribution in [2.24, 2.45) is 0 Å². The Kier molecular flexibility index (Phi) is 5.96. The molecule has 0 amide bonds. The van der Waals surface area contributed by atoms with Gasteiger partial charge >= 0.3 is 0 Å². The van der Waals surface area contributed by atoms with Crippen LogP contribution in [0.2, 0.25) is 0 Å². The van der Waals surface area contributed by atoms with E-state index in [0.29, 0.717) is 0 Å². The van der Waals surface area contributed by atoms with E-state index in [1.165, 1.54) is 44.1 Å². The van der Waals surface area contributed by atoms with Gasteiger partial charge in [0, 0.05) is 38.3 Å². The predicted octanol–water partition coefficient (Wildman–Crippen LogP) is 13.1. The number of rotatable bonds is 4. The number of fused-ring (bicyclic) bond motifs is 10. The van der Waals surface area contributed by atoms with Gasteiger partial charge in [0.1, 0.15) is 11.2 Å². The molecular weight excluding hydrogens is 621 g/mol. The molecule has 3 aromatic heterocycles. The summed E-state index contributed by atoms with van der Waals surface area (Å²) in [6.45, 7) is 0. The Bertz CT molecular complexity index is 3090. The van der Waals surface area contributed by atoms with Gasteiger partial charge in [0.25, 0.3) is 0 Å². The number of aromatic nitrogens is 2. The Hall–Kier alpha value is -6.84. The minimum atomic E-state index is 0.906. The van der Waals surface area contributed by atoms with Crippen molar-refractivity contribution in [2.75, 3.05) is 0 Å². The second kappa shape index (κ2) is 10.8. The average Bonchev–Trinajstić information content (AvgIpc) is 3.86. The Morgan fingerprint density at radius 3 is 1.67 bits per heavy atom. The molecular formula is C48H30N2O. The molecule has 3 heteroatoms. The van der Waals surface area contributed by atoms with Crippen molar-refractivity contribution in [1.29, 1.82) is 0 Å². The number of hydrogen-bond donors (Lipinski definition) is 0. The predicted molar refractivity (Wildman–Crippen MR) is 213 cm³/mol. The first-order valence-electron chi connectivity index (χ1n) is 17.4. The highest BCUT2D eigenvalue weighted by atomic mass is 16.3. The van der Waals surface area contributed by atoms with E-state index in [2.05, 4.69) is 185 Å². The third-order valence-corrected chi connectivity index (χ3v) is 10.5. The lowest BCUT2D eigenvalue weighted by atomic mass is 9.99. The lowest BCUT2D eigenvalue weighted by molar-refractivity contribution is 0.673. The molecule has 0 aliphatic carbocycles. The van der Waals surface area contributed by atoms with E-state index in [1.807, 2.05) is 6.07 Å². The van der Waals surface area contributed by atoms with E-state index in [0.717, 1.165) is 55.1 Å². The van der Waals surface area contributed by atoms with Gasteiger partial charge in [-0.25, -0.2) is 0 Å². The Labute approximate surface area is 293 Å². The summed E-state index contributed by atoms with van der Waals surface area (Å²) in [4.78, 5) is 0. The standard InChI is InChI=1S/C48H30N2O/c1-2-12-31(13-3-1)32-14-10-15-33(28-32)34-16-11-17-35(29-34)50-44-27-26-40-39-20-6-9-23-46(39)51-48(40)47(44)41-25-24-36(30-45(41)50)49-42-21-7-4-18-37(42)38-19-5-8-22-43(38)49/h1-30H. The third-order valence-electron chi connectivity index (χ3n) is 10.5. The van der Waals surface area contributed by atoms with Crippen molar-refractivity contribution in [3.05, 3.63) is 182 Å². The fourth-order valence-electron chi connectivity index (χ4n) is 8.22. The fraction of sp³-hybridized carbons (Fsp3) is 0. The van der Waals surface area contributed by atoms with E-state index in [9.17, 15) is 0 Å². The third kappa shape index (κ3) is 4.19. The summed E-state index contributed by atoms with van der Waals surface area (Å²) >= 11 is 0. The summed E-state index contributed by atoms with van der Waals surface area (Å²) in [6, 6.07) is 65.5. The van der Waals surface area contributed by atoms with E-state index < -0.39 is 0 Å². The normalized spacial score (nSPS) is 11.9. The number of nitrogens with zero attached hydrogens (tertiary/aromatic N) is 2. The first-order chi connectivity index (χ1) is 25.3. The van der Waals surface area contributed by atoms with Crippen LogP contribution in [0.5, 0.6) is 0 Å². The fourth-order valence-corrected chi connectivity index (χ4v) is 8.22. The first-order valence-corrected chi connectivity index (χ1v) is 17.4. The van der Waals surface area contributed by atoms with Crippen LogP contribution in [-0.4, -0.2) is 9.13 Å². The van der Waals surface area contributed by atoms with Crippen LogP contribution in [-0.2, 0) is 0 Å². The molecule has 0 aliphatic rings. The number of benzene rings is 8. The van der Waals surface area contributed by atoms with Crippen LogP contribution < -0.4 is 0 Å². The second-order valence-corrected chi connectivity index (χ2v) is 13.3. The van der Waals surface area contributed by atoms with Crippen molar-refractivity contribution in [3.8, 4) is 33.6 Å². The molecule has 0 radical (unpaired) electrons. The van der Waals surface area contributed by atoms with Gasteiger partial charge in [-0.2, -0.15) is 0 Å². The van der Waals surface area contributed by atoms with Crippen LogP contribution in [0.3, 0.4) is 0 Å². The van der Waals surface area contributed by atoms with E-state index in [-0.39, 0.29) is 0 Å². The number of hydrogen-bond acceptors (Lipinski definition) is 1. The Morgan fingerprint density at radius 1 is 0.314 bits per heavy atom. The SMILES string of the molecule is c1ccc(-c2cccc(-c3cccc(-n4c5cc(-n6c7ccccc7c7ccccc76)ccc5c5c6oc7ccccc7c6ccc54)c3)c2)cc1. The van der Waals surface area contributed by atoms with Gasteiger partial charge < -0.3 is 13.6 Å². The topological polar surface area (TPSA) is 23.0 Å². The molecule has 51 heavy (non-hydrogen) atoms. The van der Waals surface area contributed by atoms with Crippen molar-refractivity contribution in [1.82, 2.24) is 9.13 Å². The highest BCUT2D eigenvalue weighted by Crippen LogP contribution is 2.42. The Balaban J connectivity index is 1.20. The lowest BCUT2D eigenvalue weighted by Crippen LogP contribution is -1.97. The van der Waals surface area contributed by atoms with Crippen LogP contribution >= 0.6 is 0 Å². The molecule has 11 rings (SSSR count). The molecule has 8 aromatic carbocycles. The molecule has 11 aromatic rings. The zero-order valence-corrected chi connectivity index (χ0v) is 27.6. The van der Waals surface area contributed by atoms with Gasteiger partial charge in [0.05, 0.1) is 27.5 Å². The molecule has 0 unspecified atom stereocenters. The molecule has 0 fully saturated rings. The van der Waals surface area contributed by atoms with Crippen LogP contribution in [0, 0.1) is 0 Å². The van der Waals surface area contributed by atoms with E-state index >= 15 is 0 Å². The summed E-state index contributed by atoms with van der Waals surface area (Å²) in [7, 11) is 0. The van der Waals surface area contributed by atoms with Gasteiger partial charge in [-0.05, 0) is 89.0 Å². The van der Waals surface area contributed by atoms with E-state index in [1.54, 1.807) is 0 Å². The maximum Gasteiger partial charge on any atom is 0.145 e. The summed E-state index contributed by atoms with van der Waals surface area (Å²) in [5, 5.41) is 7.07. The maximum atomic E-state index is 6.67. The summed E-state index contributed by atoms with van der Waals surface area (Å²) in [5.74, 6) is 0. The monoisotopic (exact) mass is 650 g/mol. The maximum absolute atomic E-state index is 6.67. The van der Waals surface area contributed by atoms with Gasteiger partial charge in [-0.3, -0.25) is 0 Å². The van der Waals surface area contributed by atoms with Crippen LogP contribution in [0.1, 0.15) is 0 Å². The molecule has 0 aliphatic heterocycles. The Morgan fingerprint density at radius 2 is 0.882 bits per heavy atom. The summed E-state index contributed by atoms with van der Waals surface area (Å²) in [6.07, 6.45) is 0. The van der Waals surface area contributed by atoms with Crippen molar-refractivity contribution in [2.45, 2.75) is 0 Å². The molecule has 0 spiro atoms. The van der Waals surface area contributed by atoms with Crippen molar-refractivity contribution < 1.29 is 4.42 Å². The average molecular weight is 651 g/mol. The second-order valence-electron chi connectivity index (χ2n) is 13.3. The van der Waals surface area contributed by atoms with Gasteiger partial charge in [0.2, 0.25) is 0 Å². The van der Waals surface area contributed by atoms with Gasteiger partial charge in [0.15, 0.2) is 0 Å². The highest BCUT2D eigenvalue weighted by molar-refractivity contribution is 6.24. The molecule has 3 heterocycles.